The predicted octanol–water partition coefficient (Wildman–Crippen LogP) is 5.57. The summed E-state index contributed by atoms with van der Waals surface area (Å²) in [5.41, 5.74) is 1.67. The summed E-state index contributed by atoms with van der Waals surface area (Å²) in [6, 6.07) is 16.7. The van der Waals surface area contributed by atoms with Crippen molar-refractivity contribution < 1.29 is 22.8 Å². The molecule has 2 aromatic carbocycles. The van der Waals surface area contributed by atoms with Crippen LogP contribution in [0.25, 0.3) is 0 Å². The van der Waals surface area contributed by atoms with Crippen LogP contribution in [0.15, 0.2) is 66.9 Å². The second-order valence-corrected chi connectivity index (χ2v) is 6.52. The fourth-order valence-corrected chi connectivity index (χ4v) is 2.85. The van der Waals surface area contributed by atoms with Crippen molar-refractivity contribution in [2.24, 2.45) is 0 Å². The predicted molar refractivity (Wildman–Crippen MR) is 101 cm³/mol. The van der Waals surface area contributed by atoms with E-state index in [0.717, 1.165) is 23.4 Å². The van der Waals surface area contributed by atoms with Gasteiger partial charge in [-0.1, -0.05) is 54.6 Å². The van der Waals surface area contributed by atoms with E-state index in [1.54, 1.807) is 12.1 Å². The first kappa shape index (κ1) is 20.3. The van der Waals surface area contributed by atoms with Gasteiger partial charge in [0.15, 0.2) is 0 Å². The molecule has 0 radical (unpaired) electrons. The average Bonchev–Trinajstić information content (AvgIpc) is 2.67. The molecule has 0 N–H and O–H groups in total. The lowest BCUT2D eigenvalue weighted by Gasteiger charge is -2.22. The van der Waals surface area contributed by atoms with Gasteiger partial charge in [-0.25, -0.2) is 4.98 Å². The van der Waals surface area contributed by atoms with Crippen molar-refractivity contribution in [3.05, 3.63) is 99.2 Å². The van der Waals surface area contributed by atoms with Crippen LogP contribution >= 0.6 is 0 Å². The van der Waals surface area contributed by atoms with Crippen molar-refractivity contribution in [1.82, 2.24) is 4.98 Å². The molecule has 1 unspecified atom stereocenters. The third kappa shape index (κ3) is 5.10. The minimum atomic E-state index is -4.68. The molecule has 0 aliphatic carbocycles. The third-order valence-electron chi connectivity index (χ3n) is 4.29. The number of nitrogens with zero attached hydrogens (tertiary/aromatic N) is 2. The number of ether oxygens (including phenoxy) is 1. The van der Waals surface area contributed by atoms with E-state index < -0.39 is 17.2 Å². The molecule has 0 aliphatic rings. The monoisotopic (exact) mass is 402 g/mol. The van der Waals surface area contributed by atoms with Gasteiger partial charge in [0, 0.05) is 17.2 Å². The number of aryl methyl sites for hydroxylation is 1. The topological polar surface area (TPSA) is 65.3 Å². The van der Waals surface area contributed by atoms with Crippen LogP contribution in [-0.4, -0.2) is 16.1 Å². The van der Waals surface area contributed by atoms with E-state index in [1.165, 1.54) is 19.1 Å². The fraction of sp³-hybridized carbons (Fsp3) is 0.190. The third-order valence-corrected chi connectivity index (χ3v) is 4.29. The normalized spacial score (nSPS) is 12.4. The zero-order valence-electron chi connectivity index (χ0n) is 15.4. The Morgan fingerprint density at radius 1 is 1.07 bits per heavy atom. The molecule has 0 amide bonds. The van der Waals surface area contributed by atoms with Gasteiger partial charge < -0.3 is 4.74 Å². The molecule has 8 heteroatoms. The number of aromatic nitrogens is 1. The first-order chi connectivity index (χ1) is 13.7. The van der Waals surface area contributed by atoms with E-state index in [-0.39, 0.29) is 22.7 Å². The van der Waals surface area contributed by atoms with Crippen LogP contribution in [0.5, 0.6) is 5.88 Å². The molecule has 0 saturated heterocycles. The molecule has 3 rings (SSSR count). The minimum Gasteiger partial charge on any atom is -0.459 e. The number of hydrogen-bond donors (Lipinski definition) is 0. The van der Waals surface area contributed by atoms with E-state index in [2.05, 4.69) is 4.98 Å². The summed E-state index contributed by atoms with van der Waals surface area (Å²) in [5, 5.41) is 10.8. The molecule has 1 heterocycles. The van der Waals surface area contributed by atoms with E-state index in [4.69, 9.17) is 4.74 Å². The maximum Gasteiger partial charge on any atom is 0.429 e. The summed E-state index contributed by atoms with van der Waals surface area (Å²) in [4.78, 5) is 13.8. The fourth-order valence-electron chi connectivity index (χ4n) is 2.85. The van der Waals surface area contributed by atoms with Crippen molar-refractivity contribution in [2.75, 3.05) is 0 Å². The van der Waals surface area contributed by atoms with E-state index in [9.17, 15) is 23.3 Å². The van der Waals surface area contributed by atoms with Gasteiger partial charge in [0.25, 0.3) is 5.69 Å². The maximum atomic E-state index is 13.6. The van der Waals surface area contributed by atoms with Gasteiger partial charge in [-0.3, -0.25) is 10.1 Å². The van der Waals surface area contributed by atoms with Gasteiger partial charge in [-0.05, 0) is 24.5 Å². The number of benzene rings is 2. The summed E-state index contributed by atoms with van der Waals surface area (Å²) in [5.74, 6) is -0.300. The van der Waals surface area contributed by atoms with E-state index >= 15 is 0 Å². The largest absolute Gasteiger partial charge is 0.459 e. The van der Waals surface area contributed by atoms with Crippen molar-refractivity contribution in [1.29, 1.82) is 0 Å². The maximum absolute atomic E-state index is 13.6. The number of hydrogen-bond acceptors (Lipinski definition) is 4. The molecule has 0 aliphatic heterocycles. The van der Waals surface area contributed by atoms with Gasteiger partial charge in [-0.15, -0.1) is 0 Å². The molecule has 0 fully saturated rings. The molecule has 0 spiro atoms. The highest BCUT2D eigenvalue weighted by atomic mass is 19.4. The molecule has 5 nitrogen and oxygen atoms in total. The number of halogens is 3. The Bertz CT molecular complexity index is 990. The van der Waals surface area contributed by atoms with Gasteiger partial charge >= 0.3 is 6.18 Å². The van der Waals surface area contributed by atoms with Crippen LogP contribution < -0.4 is 4.74 Å². The highest BCUT2D eigenvalue weighted by Crippen LogP contribution is 2.37. The summed E-state index contributed by atoms with van der Waals surface area (Å²) in [6.45, 7) is 1.41. The summed E-state index contributed by atoms with van der Waals surface area (Å²) < 4.78 is 46.0. The zero-order chi connectivity index (χ0) is 21.0. The van der Waals surface area contributed by atoms with E-state index in [0.29, 0.717) is 6.42 Å². The summed E-state index contributed by atoms with van der Waals surface area (Å²) >= 11 is 0. The quantitative estimate of drug-likeness (QED) is 0.399. The summed E-state index contributed by atoms with van der Waals surface area (Å²) in [6.07, 6.45) is -5.45. The van der Waals surface area contributed by atoms with Gasteiger partial charge in [-0.2, -0.15) is 13.2 Å². The van der Waals surface area contributed by atoms with Crippen molar-refractivity contribution in [3.63, 3.8) is 0 Å². The first-order valence-corrected chi connectivity index (χ1v) is 8.71. The summed E-state index contributed by atoms with van der Waals surface area (Å²) in [7, 11) is 0. The van der Waals surface area contributed by atoms with Crippen LogP contribution in [0.1, 0.15) is 28.4 Å². The molecular weight excluding hydrogens is 385 g/mol. The first-order valence-electron chi connectivity index (χ1n) is 8.71. The number of alkyl halides is 3. The number of pyridine rings is 1. The molecule has 0 saturated carbocycles. The van der Waals surface area contributed by atoms with Crippen molar-refractivity contribution in [2.45, 2.75) is 25.6 Å². The Morgan fingerprint density at radius 2 is 1.69 bits per heavy atom. The molecule has 3 aromatic rings. The standard InChI is InChI=1S/C21H17F3N2O3/c1-14-11-18(26(27)28)13-25-20(14)29-19(21(22,23)24)17-9-7-16(8-10-17)12-15-5-3-2-4-6-15/h2-11,13,19H,12H2,1H3. The minimum absolute atomic E-state index is 0.0751. The highest BCUT2D eigenvalue weighted by Gasteiger charge is 2.43. The van der Waals surface area contributed by atoms with Crippen LogP contribution in [0.3, 0.4) is 0 Å². The van der Waals surface area contributed by atoms with Crippen LogP contribution in [0, 0.1) is 17.0 Å². The van der Waals surface area contributed by atoms with Gasteiger partial charge in [0.2, 0.25) is 12.0 Å². The van der Waals surface area contributed by atoms with Crippen LogP contribution in [0.4, 0.5) is 18.9 Å². The average molecular weight is 402 g/mol. The van der Waals surface area contributed by atoms with Crippen LogP contribution in [0.2, 0.25) is 0 Å². The lowest BCUT2D eigenvalue weighted by molar-refractivity contribution is -0.385. The Morgan fingerprint density at radius 3 is 2.24 bits per heavy atom. The van der Waals surface area contributed by atoms with E-state index in [1.807, 2.05) is 30.3 Å². The van der Waals surface area contributed by atoms with Crippen LogP contribution in [-0.2, 0) is 6.42 Å². The van der Waals surface area contributed by atoms with Crippen molar-refractivity contribution >= 4 is 5.69 Å². The Hall–Kier alpha value is -3.42. The smallest absolute Gasteiger partial charge is 0.429 e. The lowest BCUT2D eigenvalue weighted by atomic mass is 10.0. The Labute approximate surface area is 164 Å². The number of rotatable bonds is 6. The Balaban J connectivity index is 1.83. The van der Waals surface area contributed by atoms with Gasteiger partial charge in [0.05, 0.1) is 4.92 Å². The van der Waals surface area contributed by atoms with Gasteiger partial charge in [0.1, 0.15) is 6.20 Å². The molecule has 1 atom stereocenters. The zero-order valence-corrected chi connectivity index (χ0v) is 15.4. The molecule has 0 bridgehead atoms. The Kier molecular flexibility index (Phi) is 5.81. The second-order valence-electron chi connectivity index (χ2n) is 6.52. The number of nitro groups is 1. The second kappa shape index (κ2) is 8.30. The van der Waals surface area contributed by atoms with Crippen molar-refractivity contribution in [3.8, 4) is 5.88 Å². The lowest BCUT2D eigenvalue weighted by Crippen LogP contribution is -2.26. The highest BCUT2D eigenvalue weighted by molar-refractivity contribution is 5.37. The SMILES string of the molecule is Cc1cc([N+](=O)[O-])cnc1OC(c1ccc(Cc2ccccc2)cc1)C(F)(F)F. The molecule has 150 valence electrons. The molecule has 29 heavy (non-hydrogen) atoms. The molecular formula is C21H17F3N2O3. The molecule has 1 aromatic heterocycles.